The number of para-hydroxylation sites is 2. The van der Waals surface area contributed by atoms with Crippen LogP contribution >= 0.6 is 8.17 Å². The van der Waals surface area contributed by atoms with Gasteiger partial charge >= 0.3 is 14.1 Å². The van der Waals surface area contributed by atoms with E-state index in [1.807, 2.05) is 0 Å². The van der Waals surface area contributed by atoms with Crippen molar-refractivity contribution in [3.8, 4) is 17.2 Å². The number of nitrogens with zero attached hydrogens (tertiary/aromatic N) is 2. The standard InChI is InChI=1S/C20H26N3O6P/c1-12(2)28-20(25)14(4)23-30(26)29-18-8-6-5-7-17(18)27-11-15-10-22-13(3)19(24)16(15)9-21/h5-8,10,12,14,24H,9,11,21H2,1-4H3/t14-/m0/s1. The number of carbonyl (C=O) groups excluding carboxylic acids is 1. The molecule has 0 spiro atoms. The van der Waals surface area contributed by atoms with Crippen molar-refractivity contribution in [1.82, 2.24) is 4.98 Å². The Morgan fingerprint density at radius 1 is 1.30 bits per heavy atom. The molecule has 1 aromatic heterocycles. The number of carbonyl (C=O) groups is 1. The van der Waals surface area contributed by atoms with Crippen molar-refractivity contribution in [3.63, 3.8) is 0 Å². The first-order valence-corrected chi connectivity index (χ1v) is 10.5. The Morgan fingerprint density at radius 2 is 1.97 bits per heavy atom. The fourth-order valence-electron chi connectivity index (χ4n) is 2.46. The predicted molar refractivity (Wildman–Crippen MR) is 110 cm³/mol. The molecule has 2 rings (SSSR count). The van der Waals surface area contributed by atoms with Gasteiger partial charge in [0.1, 0.15) is 12.4 Å². The molecule has 2 atom stereocenters. The van der Waals surface area contributed by atoms with E-state index in [4.69, 9.17) is 19.7 Å². The number of benzene rings is 1. The van der Waals surface area contributed by atoms with E-state index in [1.54, 1.807) is 51.2 Å². The molecule has 1 unspecified atom stereocenters. The minimum Gasteiger partial charge on any atom is -0.575 e. The van der Waals surface area contributed by atoms with Gasteiger partial charge in [-0.05, 0) is 39.8 Å². The van der Waals surface area contributed by atoms with Crippen molar-refractivity contribution in [1.29, 1.82) is 0 Å². The van der Waals surface area contributed by atoms with Gasteiger partial charge in [-0.1, -0.05) is 16.9 Å². The number of ether oxygens (including phenoxy) is 2. The number of nitrogens with two attached hydrogens (primary N) is 1. The van der Waals surface area contributed by atoms with Crippen molar-refractivity contribution in [2.45, 2.75) is 53.0 Å². The number of aromatic nitrogens is 1. The SMILES string of the molecule is Cc1ncc(COc2ccccc2O[P+]([O-])=N[C@@H](C)C(=O)OC(C)C)c(CN)c1O. The third-order valence-electron chi connectivity index (χ3n) is 4.00. The Balaban J connectivity index is 2.12. The van der Waals surface area contributed by atoms with Gasteiger partial charge in [0, 0.05) is 23.9 Å². The van der Waals surface area contributed by atoms with Crippen molar-refractivity contribution in [2.24, 2.45) is 10.5 Å². The van der Waals surface area contributed by atoms with E-state index in [0.29, 0.717) is 22.6 Å². The molecular formula is C20H26N3O6P. The summed E-state index contributed by atoms with van der Waals surface area (Å²) in [6, 6.07) is 5.69. The molecule has 30 heavy (non-hydrogen) atoms. The van der Waals surface area contributed by atoms with Gasteiger partial charge in [0.15, 0.2) is 11.8 Å². The molecule has 0 saturated heterocycles. The third-order valence-corrected chi connectivity index (χ3v) is 4.89. The van der Waals surface area contributed by atoms with Crippen molar-refractivity contribution in [3.05, 3.63) is 47.3 Å². The highest BCUT2D eigenvalue weighted by molar-refractivity contribution is 7.34. The predicted octanol–water partition coefficient (Wildman–Crippen LogP) is 2.71. The first-order chi connectivity index (χ1) is 14.2. The largest absolute Gasteiger partial charge is 0.575 e. The molecular weight excluding hydrogens is 409 g/mol. The van der Waals surface area contributed by atoms with Crippen molar-refractivity contribution >= 4 is 14.1 Å². The molecule has 0 saturated carbocycles. The minimum absolute atomic E-state index is 0.0345. The van der Waals surface area contributed by atoms with Crippen LogP contribution in [0.4, 0.5) is 0 Å². The molecule has 0 aliphatic heterocycles. The molecule has 1 aromatic carbocycles. The molecule has 0 aliphatic carbocycles. The molecule has 1 heterocycles. The van der Waals surface area contributed by atoms with Crippen LogP contribution in [-0.4, -0.2) is 28.2 Å². The highest BCUT2D eigenvalue weighted by Crippen LogP contribution is 2.34. The van der Waals surface area contributed by atoms with E-state index in [1.165, 1.54) is 6.92 Å². The summed E-state index contributed by atoms with van der Waals surface area (Å²) in [5, 5.41) is 10.1. The average molecular weight is 435 g/mol. The number of aromatic hydroxyl groups is 1. The number of hydrogen-bond donors (Lipinski definition) is 2. The van der Waals surface area contributed by atoms with Gasteiger partial charge in [0.05, 0.1) is 11.8 Å². The fourth-order valence-corrected chi connectivity index (χ4v) is 3.21. The molecule has 0 amide bonds. The van der Waals surface area contributed by atoms with Crippen LogP contribution in [0.1, 0.15) is 37.6 Å². The molecule has 2 aromatic rings. The summed E-state index contributed by atoms with van der Waals surface area (Å²) in [6.45, 7) is 6.79. The van der Waals surface area contributed by atoms with Gasteiger partial charge in [-0.2, -0.15) is 0 Å². The lowest BCUT2D eigenvalue weighted by Gasteiger charge is -2.13. The third kappa shape index (κ3) is 6.38. The summed E-state index contributed by atoms with van der Waals surface area (Å²) in [5.74, 6) is -0.0309. The van der Waals surface area contributed by atoms with E-state index in [-0.39, 0.29) is 30.8 Å². The lowest BCUT2D eigenvalue weighted by molar-refractivity contribution is -0.170. The first-order valence-electron chi connectivity index (χ1n) is 9.37. The van der Waals surface area contributed by atoms with E-state index >= 15 is 0 Å². The normalized spacial score (nSPS) is 12.6. The molecule has 0 bridgehead atoms. The van der Waals surface area contributed by atoms with Crippen molar-refractivity contribution in [2.75, 3.05) is 0 Å². The Bertz CT molecular complexity index is 919. The Morgan fingerprint density at radius 3 is 2.60 bits per heavy atom. The van der Waals surface area contributed by atoms with Crippen LogP contribution < -0.4 is 19.9 Å². The molecule has 3 N–H and O–H groups in total. The maximum absolute atomic E-state index is 12.3. The summed E-state index contributed by atoms with van der Waals surface area (Å²) in [7, 11) is -2.53. The van der Waals surface area contributed by atoms with Gasteiger partial charge in [-0.15, -0.1) is 0 Å². The van der Waals surface area contributed by atoms with Crippen LogP contribution in [0, 0.1) is 6.92 Å². The van der Waals surface area contributed by atoms with Gasteiger partial charge in [0.25, 0.3) is 0 Å². The Labute approximate surface area is 176 Å². The fraction of sp³-hybridized carbons (Fsp3) is 0.400. The van der Waals surface area contributed by atoms with Crippen LogP contribution in [-0.2, 0) is 22.7 Å². The maximum Gasteiger partial charge on any atom is 0.395 e. The van der Waals surface area contributed by atoms with E-state index in [2.05, 4.69) is 9.73 Å². The molecule has 0 aliphatic rings. The minimum atomic E-state index is -2.53. The van der Waals surface area contributed by atoms with Gasteiger partial charge in [-0.25, -0.2) is 4.79 Å². The van der Waals surface area contributed by atoms with E-state index in [0.717, 1.165) is 0 Å². The molecule has 9 nitrogen and oxygen atoms in total. The number of rotatable bonds is 9. The maximum atomic E-state index is 12.3. The zero-order chi connectivity index (χ0) is 22.3. The van der Waals surface area contributed by atoms with Gasteiger partial charge < -0.3 is 25.2 Å². The number of pyridine rings is 1. The Hall–Kier alpha value is -2.74. The van der Waals surface area contributed by atoms with Crippen molar-refractivity contribution < 1.29 is 28.8 Å². The summed E-state index contributed by atoms with van der Waals surface area (Å²) < 4.78 is 20.0. The summed E-state index contributed by atoms with van der Waals surface area (Å²) in [4.78, 5) is 28.2. The smallest absolute Gasteiger partial charge is 0.395 e. The van der Waals surface area contributed by atoms with Crippen LogP contribution in [0.5, 0.6) is 17.2 Å². The van der Waals surface area contributed by atoms with Gasteiger partial charge in [-0.3, -0.25) is 9.51 Å². The second kappa shape index (κ2) is 10.9. The summed E-state index contributed by atoms with van der Waals surface area (Å²) in [5.41, 5.74) is 7.37. The number of esters is 1. The molecule has 0 fully saturated rings. The molecule has 10 heteroatoms. The first kappa shape index (κ1) is 23.5. The van der Waals surface area contributed by atoms with Crippen LogP contribution in [0.2, 0.25) is 0 Å². The lowest BCUT2D eigenvalue weighted by atomic mass is 10.1. The highest BCUT2D eigenvalue weighted by Gasteiger charge is 2.20. The molecule has 162 valence electrons. The summed E-state index contributed by atoms with van der Waals surface area (Å²) in [6.07, 6.45) is 1.29. The number of hydrogen-bond acceptors (Lipinski definition) is 9. The summed E-state index contributed by atoms with van der Waals surface area (Å²) >= 11 is 0. The second-order valence-corrected chi connectivity index (χ2v) is 7.63. The average Bonchev–Trinajstić information content (AvgIpc) is 2.69. The Kier molecular flexibility index (Phi) is 8.53. The zero-order valence-electron chi connectivity index (χ0n) is 17.4. The highest BCUT2D eigenvalue weighted by atomic mass is 31.1. The zero-order valence-corrected chi connectivity index (χ0v) is 18.3. The number of aryl methyl sites for hydroxylation is 1. The topological polar surface area (TPSA) is 139 Å². The molecule has 0 radical (unpaired) electrons. The quantitative estimate of drug-likeness (QED) is 0.453. The second-order valence-electron chi connectivity index (χ2n) is 6.74. The van der Waals surface area contributed by atoms with E-state index < -0.39 is 20.2 Å². The van der Waals surface area contributed by atoms with E-state index in [9.17, 15) is 14.8 Å². The van der Waals surface area contributed by atoms with Gasteiger partial charge in [0.2, 0.25) is 5.75 Å². The van der Waals surface area contributed by atoms with Crippen LogP contribution in [0.25, 0.3) is 0 Å². The lowest BCUT2D eigenvalue weighted by Crippen LogP contribution is -2.21. The van der Waals surface area contributed by atoms with Crippen LogP contribution in [0.3, 0.4) is 0 Å². The van der Waals surface area contributed by atoms with Crippen LogP contribution in [0.15, 0.2) is 35.2 Å². The monoisotopic (exact) mass is 435 g/mol.